The van der Waals surface area contributed by atoms with Crippen molar-refractivity contribution < 1.29 is 13.2 Å². The minimum atomic E-state index is -0.924. The Balaban J connectivity index is 2.25. The highest BCUT2D eigenvalue weighted by molar-refractivity contribution is 5.41. The van der Waals surface area contributed by atoms with Crippen molar-refractivity contribution in [2.75, 3.05) is 6.54 Å². The van der Waals surface area contributed by atoms with Gasteiger partial charge in [-0.3, -0.25) is 4.57 Å². The molecule has 0 saturated heterocycles. The average Bonchev–Trinajstić information content (AvgIpc) is 2.65. The number of rotatable bonds is 1. The predicted octanol–water partition coefficient (Wildman–Crippen LogP) is 2.24. The molecule has 3 nitrogen and oxygen atoms in total. The van der Waals surface area contributed by atoms with Crippen LogP contribution in [0.3, 0.4) is 0 Å². The second-order valence-corrected chi connectivity index (χ2v) is 4.53. The molecule has 0 atom stereocenters. The van der Waals surface area contributed by atoms with Crippen LogP contribution in [-0.2, 0) is 13.0 Å². The molecule has 2 aromatic rings. The Morgan fingerprint density at radius 1 is 1.21 bits per heavy atom. The van der Waals surface area contributed by atoms with E-state index in [0.29, 0.717) is 30.9 Å². The molecule has 1 aliphatic rings. The Bertz CT molecular complexity index is 626. The van der Waals surface area contributed by atoms with Gasteiger partial charge in [-0.15, -0.1) is 0 Å². The lowest BCUT2D eigenvalue weighted by Gasteiger charge is -2.16. The lowest BCUT2D eigenvalue weighted by atomic mass is 10.1. The first kappa shape index (κ1) is 12.2. The van der Waals surface area contributed by atoms with Crippen LogP contribution in [0.1, 0.15) is 17.2 Å². The highest BCUT2D eigenvalue weighted by Crippen LogP contribution is 2.26. The Morgan fingerprint density at radius 3 is 2.58 bits per heavy atom. The van der Waals surface area contributed by atoms with E-state index in [4.69, 9.17) is 0 Å². The van der Waals surface area contributed by atoms with E-state index in [1.165, 1.54) is 4.57 Å². The van der Waals surface area contributed by atoms with E-state index in [1.54, 1.807) is 6.92 Å². The number of nitrogens with zero attached hydrogens (tertiary/aromatic N) is 2. The molecular weight excluding hydrogens is 255 g/mol. The minimum Gasteiger partial charge on any atom is -0.311 e. The van der Waals surface area contributed by atoms with Crippen LogP contribution in [0.4, 0.5) is 13.2 Å². The summed E-state index contributed by atoms with van der Waals surface area (Å²) in [7, 11) is 0. The number of nitrogens with one attached hydrogen (secondary N) is 1. The number of hydrogen-bond acceptors (Lipinski definition) is 2. The number of aromatic nitrogens is 2. The van der Waals surface area contributed by atoms with E-state index in [0.717, 1.165) is 17.9 Å². The topological polar surface area (TPSA) is 29.9 Å². The molecule has 0 unspecified atom stereocenters. The average molecular weight is 267 g/mol. The number of aryl methyl sites for hydroxylation is 1. The molecule has 1 aliphatic heterocycles. The Hall–Kier alpha value is -1.82. The van der Waals surface area contributed by atoms with Crippen LogP contribution in [0.2, 0.25) is 0 Å². The summed E-state index contributed by atoms with van der Waals surface area (Å²) in [5.41, 5.74) is 1.31. The van der Waals surface area contributed by atoms with E-state index < -0.39 is 17.5 Å². The Morgan fingerprint density at radius 2 is 1.89 bits per heavy atom. The van der Waals surface area contributed by atoms with Gasteiger partial charge in [-0.1, -0.05) is 0 Å². The summed E-state index contributed by atoms with van der Waals surface area (Å²) in [6.45, 7) is 2.98. The summed E-state index contributed by atoms with van der Waals surface area (Å²) < 4.78 is 42.2. The van der Waals surface area contributed by atoms with E-state index in [-0.39, 0.29) is 5.69 Å². The van der Waals surface area contributed by atoms with Crippen molar-refractivity contribution in [3.63, 3.8) is 0 Å². The van der Waals surface area contributed by atoms with Crippen LogP contribution in [0.5, 0.6) is 0 Å². The van der Waals surface area contributed by atoms with Gasteiger partial charge in [0.05, 0.1) is 5.69 Å². The molecule has 1 aromatic heterocycles. The fraction of sp³-hybridized carbons (Fsp3) is 0.308. The minimum absolute atomic E-state index is 0.255. The first-order valence-electron chi connectivity index (χ1n) is 6.00. The third kappa shape index (κ3) is 1.92. The zero-order valence-electron chi connectivity index (χ0n) is 10.3. The first-order chi connectivity index (χ1) is 9.08. The van der Waals surface area contributed by atoms with Crippen LogP contribution in [0, 0.1) is 24.4 Å². The molecule has 0 aliphatic carbocycles. The summed E-state index contributed by atoms with van der Waals surface area (Å²) in [6, 6.07) is 1.37. The van der Waals surface area contributed by atoms with Crippen LogP contribution in [0.15, 0.2) is 12.1 Å². The largest absolute Gasteiger partial charge is 0.311 e. The maximum Gasteiger partial charge on any atom is 0.153 e. The van der Waals surface area contributed by atoms with Gasteiger partial charge in [-0.05, 0) is 6.92 Å². The van der Waals surface area contributed by atoms with Gasteiger partial charge in [0, 0.05) is 37.3 Å². The molecule has 1 N–H and O–H groups in total. The Kier molecular flexibility index (Phi) is 2.82. The smallest absolute Gasteiger partial charge is 0.153 e. The molecule has 6 heteroatoms. The number of imidazole rings is 1. The van der Waals surface area contributed by atoms with Crippen molar-refractivity contribution >= 4 is 0 Å². The third-order valence-corrected chi connectivity index (χ3v) is 3.26. The zero-order chi connectivity index (χ0) is 13.6. The van der Waals surface area contributed by atoms with E-state index in [2.05, 4.69) is 10.3 Å². The van der Waals surface area contributed by atoms with Gasteiger partial charge in [0.2, 0.25) is 0 Å². The van der Waals surface area contributed by atoms with Crippen molar-refractivity contribution in [3.8, 4) is 5.69 Å². The second kappa shape index (κ2) is 4.38. The van der Waals surface area contributed by atoms with E-state index in [1.807, 2.05) is 0 Å². The zero-order valence-corrected chi connectivity index (χ0v) is 10.3. The molecule has 100 valence electrons. The predicted molar refractivity (Wildman–Crippen MR) is 63.6 cm³/mol. The van der Waals surface area contributed by atoms with Gasteiger partial charge >= 0.3 is 0 Å². The molecule has 0 bridgehead atoms. The summed E-state index contributed by atoms with van der Waals surface area (Å²) in [6.07, 6.45) is 0.631. The molecule has 2 heterocycles. The SMILES string of the molecule is Cc1nc2c(n1-c1c(F)cc(F)cc1F)CCNC2. The van der Waals surface area contributed by atoms with Gasteiger partial charge < -0.3 is 5.32 Å². The molecule has 0 fully saturated rings. The van der Waals surface area contributed by atoms with Crippen LogP contribution in [0.25, 0.3) is 5.69 Å². The van der Waals surface area contributed by atoms with Crippen LogP contribution >= 0.6 is 0 Å². The van der Waals surface area contributed by atoms with Crippen molar-refractivity contribution in [1.29, 1.82) is 0 Å². The molecule has 3 rings (SSSR count). The summed E-state index contributed by atoms with van der Waals surface area (Å²) in [5, 5.41) is 3.15. The number of halogens is 3. The molecule has 0 saturated carbocycles. The van der Waals surface area contributed by atoms with Crippen molar-refractivity contribution in [1.82, 2.24) is 14.9 Å². The standard InChI is InChI=1S/C13H12F3N3/c1-7-18-11-6-17-3-2-12(11)19(7)13-9(15)4-8(14)5-10(13)16/h4-5,17H,2-3,6H2,1H3. The number of benzene rings is 1. The first-order valence-corrected chi connectivity index (χ1v) is 6.00. The fourth-order valence-electron chi connectivity index (χ4n) is 2.49. The molecule has 0 amide bonds. The van der Waals surface area contributed by atoms with Crippen molar-refractivity contribution in [2.45, 2.75) is 19.9 Å². The monoisotopic (exact) mass is 267 g/mol. The van der Waals surface area contributed by atoms with Gasteiger partial charge in [0.1, 0.15) is 17.3 Å². The van der Waals surface area contributed by atoms with Crippen LogP contribution < -0.4 is 5.32 Å². The van der Waals surface area contributed by atoms with Gasteiger partial charge in [0.25, 0.3) is 0 Å². The molecule has 0 spiro atoms. The Labute approximate surface area is 108 Å². The normalized spacial score (nSPS) is 14.5. The van der Waals surface area contributed by atoms with E-state index in [9.17, 15) is 13.2 Å². The van der Waals surface area contributed by atoms with Crippen LogP contribution in [-0.4, -0.2) is 16.1 Å². The van der Waals surface area contributed by atoms with Gasteiger partial charge in [-0.2, -0.15) is 0 Å². The number of fused-ring (bicyclic) bond motifs is 1. The molecule has 0 radical (unpaired) electrons. The van der Waals surface area contributed by atoms with E-state index >= 15 is 0 Å². The molecule has 1 aromatic carbocycles. The lowest BCUT2D eigenvalue weighted by molar-refractivity contribution is 0.528. The summed E-state index contributed by atoms with van der Waals surface area (Å²) >= 11 is 0. The quantitative estimate of drug-likeness (QED) is 0.858. The fourth-order valence-corrected chi connectivity index (χ4v) is 2.49. The molecule has 19 heavy (non-hydrogen) atoms. The lowest BCUT2D eigenvalue weighted by Crippen LogP contribution is -2.25. The second-order valence-electron chi connectivity index (χ2n) is 4.53. The summed E-state index contributed by atoms with van der Waals surface area (Å²) in [5.74, 6) is -2.26. The highest BCUT2D eigenvalue weighted by atomic mass is 19.1. The van der Waals surface area contributed by atoms with Gasteiger partial charge in [-0.25, -0.2) is 18.2 Å². The van der Waals surface area contributed by atoms with Crippen molar-refractivity contribution in [2.24, 2.45) is 0 Å². The van der Waals surface area contributed by atoms with Gasteiger partial charge in [0.15, 0.2) is 11.6 Å². The third-order valence-electron chi connectivity index (χ3n) is 3.26. The maximum absolute atomic E-state index is 13.9. The highest BCUT2D eigenvalue weighted by Gasteiger charge is 2.23. The molecular formula is C13H12F3N3. The number of hydrogen-bond donors (Lipinski definition) is 1. The van der Waals surface area contributed by atoms with Crippen molar-refractivity contribution in [3.05, 3.63) is 46.8 Å². The summed E-state index contributed by atoms with van der Waals surface area (Å²) in [4.78, 5) is 4.31. The maximum atomic E-state index is 13.9.